The Bertz CT molecular complexity index is 747. The summed E-state index contributed by atoms with van der Waals surface area (Å²) in [5.41, 5.74) is -1.17. The number of imidazole rings is 1. The third kappa shape index (κ3) is 3.18. The number of para-hydroxylation sites is 1. The van der Waals surface area contributed by atoms with Crippen LogP contribution in [0.15, 0.2) is 35.5 Å². The zero-order chi connectivity index (χ0) is 15.8. The molecule has 5 nitrogen and oxygen atoms in total. The van der Waals surface area contributed by atoms with Crippen molar-refractivity contribution in [2.45, 2.75) is 18.1 Å². The Balaban J connectivity index is 2.42. The lowest BCUT2D eigenvalue weighted by atomic mass is 10.2. The Kier molecular flexibility index (Phi) is 3.70. The molecule has 1 aromatic carbocycles. The van der Waals surface area contributed by atoms with Gasteiger partial charge < -0.3 is 8.75 Å². The van der Waals surface area contributed by atoms with E-state index in [9.17, 15) is 21.6 Å². The molecule has 0 aliphatic carbocycles. The van der Waals surface area contributed by atoms with Crippen LogP contribution in [0.2, 0.25) is 0 Å². The number of rotatable bonds is 3. The van der Waals surface area contributed by atoms with Gasteiger partial charge in [0.05, 0.1) is 5.56 Å². The molecule has 0 saturated carbocycles. The highest BCUT2D eigenvalue weighted by Crippen LogP contribution is 2.36. The molecule has 2 rings (SSSR count). The highest BCUT2D eigenvalue weighted by molar-refractivity contribution is 7.87. The van der Waals surface area contributed by atoms with Crippen LogP contribution in [0.3, 0.4) is 0 Å². The molecule has 0 spiro atoms. The molecular weight excluding hydrogens is 309 g/mol. The highest BCUT2D eigenvalue weighted by atomic mass is 32.2. The fourth-order valence-electron chi connectivity index (χ4n) is 1.58. The topological polar surface area (TPSA) is 61.2 Å². The lowest BCUT2D eigenvalue weighted by molar-refractivity contribution is -0.138. The van der Waals surface area contributed by atoms with Crippen LogP contribution in [-0.2, 0) is 23.3 Å². The maximum Gasteiger partial charge on any atom is 0.420 e. The maximum atomic E-state index is 12.8. The summed E-state index contributed by atoms with van der Waals surface area (Å²) in [6.45, 7) is 1.56. The van der Waals surface area contributed by atoms with E-state index in [-0.39, 0.29) is 0 Å². The zero-order valence-corrected chi connectivity index (χ0v) is 11.9. The van der Waals surface area contributed by atoms with Crippen molar-refractivity contribution in [1.82, 2.24) is 9.55 Å². The van der Waals surface area contributed by atoms with E-state index < -0.39 is 32.6 Å². The highest BCUT2D eigenvalue weighted by Gasteiger charge is 2.35. The van der Waals surface area contributed by atoms with Crippen molar-refractivity contribution >= 4 is 10.1 Å². The summed E-state index contributed by atoms with van der Waals surface area (Å²) < 4.78 is 68.4. The molecule has 0 fully saturated rings. The Morgan fingerprint density at radius 3 is 2.38 bits per heavy atom. The molecule has 0 aliphatic rings. The molecule has 114 valence electrons. The molecule has 2 aromatic rings. The van der Waals surface area contributed by atoms with Gasteiger partial charge in [-0.15, -0.1) is 0 Å². The standard InChI is InChI=1S/C12H11F3N2O3S/c1-8-16-11(7-17(8)2)21(18,19)20-10-6-4-3-5-9(10)12(13,14)15/h3-7H,1-2H3. The van der Waals surface area contributed by atoms with Crippen molar-refractivity contribution in [2.75, 3.05) is 0 Å². The number of benzene rings is 1. The molecule has 1 aromatic heterocycles. The molecule has 9 heteroatoms. The molecule has 0 radical (unpaired) electrons. The minimum atomic E-state index is -4.72. The number of alkyl halides is 3. The molecule has 0 atom stereocenters. The smallest absolute Gasteiger partial charge is 0.377 e. The number of hydrogen-bond acceptors (Lipinski definition) is 4. The predicted molar refractivity (Wildman–Crippen MR) is 67.2 cm³/mol. The molecule has 0 unspecified atom stereocenters. The third-order valence-electron chi connectivity index (χ3n) is 2.73. The minimum absolute atomic E-state index is 0.390. The Hall–Kier alpha value is -2.03. The number of aromatic nitrogens is 2. The average Bonchev–Trinajstić information content (AvgIpc) is 2.69. The number of hydrogen-bond donors (Lipinski definition) is 0. The third-order valence-corrected chi connectivity index (χ3v) is 3.84. The van der Waals surface area contributed by atoms with Gasteiger partial charge in [-0.3, -0.25) is 0 Å². The van der Waals surface area contributed by atoms with E-state index in [0.29, 0.717) is 5.82 Å². The van der Waals surface area contributed by atoms with Crippen LogP contribution in [0.1, 0.15) is 11.4 Å². The van der Waals surface area contributed by atoms with Gasteiger partial charge in [-0.25, -0.2) is 4.98 Å². The normalized spacial score (nSPS) is 12.4. The first-order valence-corrected chi connectivity index (χ1v) is 7.13. The van der Waals surface area contributed by atoms with Gasteiger partial charge in [0.1, 0.15) is 5.82 Å². The SMILES string of the molecule is Cc1nc(S(=O)(=O)Oc2ccccc2C(F)(F)F)cn1C. The monoisotopic (exact) mass is 320 g/mol. The number of nitrogens with zero attached hydrogens (tertiary/aromatic N) is 2. The van der Waals surface area contributed by atoms with Gasteiger partial charge in [0, 0.05) is 13.2 Å². The number of aryl methyl sites for hydroxylation is 2. The summed E-state index contributed by atoms with van der Waals surface area (Å²) in [5, 5.41) is -0.445. The fraction of sp³-hybridized carbons (Fsp3) is 0.250. The van der Waals surface area contributed by atoms with E-state index >= 15 is 0 Å². The molecule has 0 bridgehead atoms. The first kappa shape index (κ1) is 15.4. The minimum Gasteiger partial charge on any atom is -0.377 e. The van der Waals surface area contributed by atoms with Crippen molar-refractivity contribution in [1.29, 1.82) is 0 Å². The van der Waals surface area contributed by atoms with E-state index in [1.807, 2.05) is 0 Å². The van der Waals surface area contributed by atoms with Crippen LogP contribution in [0.25, 0.3) is 0 Å². The van der Waals surface area contributed by atoms with Gasteiger partial charge in [0.15, 0.2) is 5.75 Å². The molecule has 0 amide bonds. The molecule has 0 aliphatic heterocycles. The lowest BCUT2D eigenvalue weighted by Crippen LogP contribution is -2.14. The Morgan fingerprint density at radius 2 is 1.86 bits per heavy atom. The molecular formula is C12H11F3N2O3S. The van der Waals surface area contributed by atoms with Crippen molar-refractivity contribution in [3.8, 4) is 5.75 Å². The summed E-state index contributed by atoms with van der Waals surface area (Å²) in [7, 11) is -2.87. The lowest BCUT2D eigenvalue weighted by Gasteiger charge is -2.12. The second-order valence-corrected chi connectivity index (χ2v) is 5.76. The Morgan fingerprint density at radius 1 is 1.24 bits per heavy atom. The van der Waals surface area contributed by atoms with Crippen LogP contribution in [0.4, 0.5) is 13.2 Å². The maximum absolute atomic E-state index is 12.8. The molecule has 1 heterocycles. The molecule has 0 saturated heterocycles. The van der Waals surface area contributed by atoms with Crippen LogP contribution < -0.4 is 4.18 Å². The summed E-state index contributed by atoms with van der Waals surface area (Å²) in [6, 6.07) is 4.08. The fourth-order valence-corrected chi connectivity index (χ4v) is 2.58. The summed E-state index contributed by atoms with van der Waals surface area (Å²) in [5.74, 6) is -0.394. The van der Waals surface area contributed by atoms with Gasteiger partial charge in [-0.05, 0) is 19.1 Å². The van der Waals surface area contributed by atoms with E-state index in [4.69, 9.17) is 0 Å². The van der Waals surface area contributed by atoms with E-state index in [0.717, 1.165) is 18.2 Å². The van der Waals surface area contributed by atoms with Gasteiger partial charge in [0.25, 0.3) is 0 Å². The average molecular weight is 320 g/mol. The van der Waals surface area contributed by atoms with Crippen molar-refractivity contribution in [3.05, 3.63) is 41.9 Å². The summed E-state index contributed by atoms with van der Waals surface area (Å²) in [4.78, 5) is 3.74. The number of halogens is 3. The Labute approximate surface area is 119 Å². The van der Waals surface area contributed by atoms with E-state index in [1.165, 1.54) is 16.8 Å². The van der Waals surface area contributed by atoms with Crippen LogP contribution in [-0.4, -0.2) is 18.0 Å². The first-order chi connectivity index (χ1) is 9.61. The molecule has 0 N–H and O–H groups in total. The molecule has 21 heavy (non-hydrogen) atoms. The quantitative estimate of drug-likeness (QED) is 0.815. The van der Waals surface area contributed by atoms with Gasteiger partial charge >= 0.3 is 16.3 Å². The van der Waals surface area contributed by atoms with E-state index in [2.05, 4.69) is 9.17 Å². The van der Waals surface area contributed by atoms with Gasteiger partial charge in [0.2, 0.25) is 5.03 Å². The first-order valence-electron chi connectivity index (χ1n) is 5.72. The van der Waals surface area contributed by atoms with Crippen molar-refractivity contribution < 1.29 is 25.8 Å². The summed E-state index contributed by atoms with van der Waals surface area (Å²) >= 11 is 0. The van der Waals surface area contributed by atoms with Crippen LogP contribution in [0, 0.1) is 6.92 Å². The second kappa shape index (κ2) is 5.06. The van der Waals surface area contributed by atoms with Gasteiger partial charge in [-0.2, -0.15) is 21.6 Å². The van der Waals surface area contributed by atoms with Gasteiger partial charge in [-0.1, -0.05) is 12.1 Å². The van der Waals surface area contributed by atoms with Crippen molar-refractivity contribution in [2.24, 2.45) is 7.05 Å². The van der Waals surface area contributed by atoms with Crippen LogP contribution in [0.5, 0.6) is 5.75 Å². The second-order valence-electron chi connectivity index (χ2n) is 4.27. The summed E-state index contributed by atoms with van der Waals surface area (Å²) in [6.07, 6.45) is -3.55. The van der Waals surface area contributed by atoms with E-state index in [1.54, 1.807) is 14.0 Å². The van der Waals surface area contributed by atoms with Crippen LogP contribution >= 0.6 is 0 Å². The zero-order valence-electron chi connectivity index (χ0n) is 11.0. The largest absolute Gasteiger partial charge is 0.420 e. The van der Waals surface area contributed by atoms with Crippen molar-refractivity contribution in [3.63, 3.8) is 0 Å². The predicted octanol–water partition coefficient (Wildman–Crippen LogP) is 2.52.